The Balaban J connectivity index is 2.06. The van der Waals surface area contributed by atoms with E-state index in [-0.39, 0.29) is 5.56 Å². The lowest BCUT2D eigenvalue weighted by molar-refractivity contribution is -0.856. The molecule has 2 aromatic carbocycles. The molecular weight excluding hydrogens is 452 g/mol. The second-order valence-corrected chi connectivity index (χ2v) is 8.18. The zero-order valence-corrected chi connectivity index (χ0v) is 18.7. The lowest BCUT2D eigenvalue weighted by atomic mass is 9.94. The summed E-state index contributed by atoms with van der Waals surface area (Å²) >= 11 is 3.39. The molecule has 1 heterocycles. The van der Waals surface area contributed by atoms with Crippen molar-refractivity contribution in [1.29, 1.82) is 0 Å². The van der Waals surface area contributed by atoms with E-state index in [4.69, 9.17) is 4.74 Å². The number of hydrogen-bond donors (Lipinski definition) is 4. The number of fused-ring (bicyclic) bond motifs is 1. The van der Waals surface area contributed by atoms with Crippen molar-refractivity contribution in [2.24, 2.45) is 0 Å². The topological polar surface area (TPSA) is 95.3 Å². The maximum atomic E-state index is 13.2. The summed E-state index contributed by atoms with van der Waals surface area (Å²) in [7, 11) is 3.93. The first-order valence-corrected chi connectivity index (χ1v) is 10.5. The highest BCUT2D eigenvalue weighted by atomic mass is 79.9. The number of urea groups is 1. The van der Waals surface area contributed by atoms with Gasteiger partial charge in [-0.05, 0) is 49.4 Å². The molecule has 8 nitrogen and oxygen atoms in total. The molecule has 0 bridgehead atoms. The zero-order valence-electron chi connectivity index (χ0n) is 17.2. The first kappa shape index (κ1) is 22.1. The number of carbonyl (C=O) groups excluding carboxylic acids is 2. The summed E-state index contributed by atoms with van der Waals surface area (Å²) in [6, 6.07) is 11.1. The number of hydrogen-bond acceptors (Lipinski definition) is 4. The molecule has 0 aliphatic carbocycles. The number of halogens is 1. The van der Waals surface area contributed by atoms with Gasteiger partial charge in [-0.3, -0.25) is 9.69 Å². The highest BCUT2D eigenvalue weighted by Gasteiger charge is 2.52. The molecule has 1 unspecified atom stereocenters. The van der Waals surface area contributed by atoms with E-state index in [1.165, 1.54) is 0 Å². The van der Waals surface area contributed by atoms with Crippen LogP contribution in [0.4, 0.5) is 16.2 Å². The molecule has 0 saturated heterocycles. The van der Waals surface area contributed by atoms with Gasteiger partial charge in [-0.25, -0.2) is 4.79 Å². The monoisotopic (exact) mass is 477 g/mol. The van der Waals surface area contributed by atoms with E-state index >= 15 is 0 Å². The van der Waals surface area contributed by atoms with Gasteiger partial charge >= 0.3 is 6.03 Å². The minimum absolute atomic E-state index is 0.278. The number of benzene rings is 2. The van der Waals surface area contributed by atoms with Crippen molar-refractivity contribution < 1.29 is 24.3 Å². The number of aliphatic hydroxyl groups is 1. The molecule has 0 spiro atoms. The van der Waals surface area contributed by atoms with Gasteiger partial charge in [0.15, 0.2) is 0 Å². The van der Waals surface area contributed by atoms with Crippen LogP contribution in [0, 0.1) is 0 Å². The first-order valence-electron chi connectivity index (χ1n) is 9.71. The summed E-state index contributed by atoms with van der Waals surface area (Å²) in [4.78, 5) is 28.4. The minimum atomic E-state index is -2.23. The second kappa shape index (κ2) is 9.03. The third kappa shape index (κ3) is 4.28. The maximum Gasteiger partial charge on any atom is 0.329 e. The quantitative estimate of drug-likeness (QED) is 0.483. The van der Waals surface area contributed by atoms with Crippen LogP contribution in [0.5, 0.6) is 5.75 Å². The number of ether oxygens (including phenoxy) is 1. The molecule has 1 atom stereocenters. The van der Waals surface area contributed by atoms with Gasteiger partial charge in [0.05, 0.1) is 39.5 Å². The summed E-state index contributed by atoms with van der Waals surface area (Å²) in [6.07, 6.45) is 0. The fourth-order valence-corrected chi connectivity index (χ4v) is 3.65. The number of nitrogens with one attached hydrogen (secondary N) is 3. The van der Waals surface area contributed by atoms with Crippen molar-refractivity contribution in [3.8, 4) is 5.75 Å². The highest BCUT2D eigenvalue weighted by Crippen LogP contribution is 2.41. The Kier molecular flexibility index (Phi) is 6.64. The van der Waals surface area contributed by atoms with Crippen LogP contribution in [0.25, 0.3) is 0 Å². The molecule has 3 rings (SSSR count). The Hall–Kier alpha value is -2.62. The fraction of sp³-hybridized carbons (Fsp3) is 0.333. The Bertz CT molecular complexity index is 935. The summed E-state index contributed by atoms with van der Waals surface area (Å²) in [5, 5.41) is 17.2. The smallest absolute Gasteiger partial charge is 0.329 e. The number of quaternary nitrogens is 1. The Morgan fingerprint density at radius 3 is 2.60 bits per heavy atom. The van der Waals surface area contributed by atoms with E-state index in [1.807, 2.05) is 21.0 Å². The molecule has 4 N–H and O–H groups in total. The number of likely N-dealkylation sites (N-methyl/N-ethyl adjacent to an activating group) is 1. The average Bonchev–Trinajstić information content (AvgIpc) is 2.70. The van der Waals surface area contributed by atoms with Gasteiger partial charge < -0.3 is 25.4 Å². The Morgan fingerprint density at radius 1 is 1.27 bits per heavy atom. The Morgan fingerprint density at radius 2 is 1.97 bits per heavy atom. The van der Waals surface area contributed by atoms with Crippen molar-refractivity contribution in [2.75, 3.05) is 44.0 Å². The van der Waals surface area contributed by atoms with Gasteiger partial charge in [0.2, 0.25) is 0 Å². The Labute approximate surface area is 183 Å². The molecule has 0 fully saturated rings. The van der Waals surface area contributed by atoms with Crippen LogP contribution in [-0.2, 0) is 10.5 Å². The number of anilines is 2. The van der Waals surface area contributed by atoms with Gasteiger partial charge in [0, 0.05) is 15.7 Å². The van der Waals surface area contributed by atoms with Crippen LogP contribution in [0.3, 0.4) is 0 Å². The van der Waals surface area contributed by atoms with E-state index in [0.29, 0.717) is 41.3 Å². The van der Waals surface area contributed by atoms with Gasteiger partial charge in [0.1, 0.15) is 5.75 Å². The van der Waals surface area contributed by atoms with Gasteiger partial charge in [0.25, 0.3) is 11.6 Å². The molecule has 160 valence electrons. The number of carbonyl (C=O) groups is 2. The summed E-state index contributed by atoms with van der Waals surface area (Å²) in [5.74, 6) is -0.0457. The van der Waals surface area contributed by atoms with E-state index in [0.717, 1.165) is 9.80 Å². The fourth-order valence-electron chi connectivity index (χ4n) is 3.29. The molecular formula is C21H26BrN4O4+. The summed E-state index contributed by atoms with van der Waals surface area (Å²) in [5.41, 5.74) is -1.21. The lowest BCUT2D eigenvalue weighted by Crippen LogP contribution is -3.06. The second-order valence-electron chi connectivity index (χ2n) is 7.27. The first-order chi connectivity index (χ1) is 14.3. The van der Waals surface area contributed by atoms with Crippen LogP contribution in [0.15, 0.2) is 46.9 Å². The maximum absolute atomic E-state index is 13.2. The SMILES string of the molecule is CCOc1ccc(N2C(=O)Nc3ccc(Br)cc3C2(O)C(=O)NCC[NH+](C)C)cc1. The van der Waals surface area contributed by atoms with Gasteiger partial charge in [-0.1, -0.05) is 15.9 Å². The number of amides is 3. The number of nitrogens with zero attached hydrogens (tertiary/aromatic N) is 1. The van der Waals surface area contributed by atoms with Crippen LogP contribution in [0.1, 0.15) is 12.5 Å². The molecule has 3 amide bonds. The molecule has 0 radical (unpaired) electrons. The molecule has 0 saturated carbocycles. The van der Waals surface area contributed by atoms with E-state index in [1.54, 1.807) is 42.5 Å². The predicted molar refractivity (Wildman–Crippen MR) is 118 cm³/mol. The van der Waals surface area contributed by atoms with Crippen molar-refractivity contribution in [3.63, 3.8) is 0 Å². The predicted octanol–water partition coefficient (Wildman–Crippen LogP) is 1.31. The normalized spacial score (nSPS) is 18.1. The summed E-state index contributed by atoms with van der Waals surface area (Å²) in [6.45, 7) is 3.40. The standard InChI is InChI=1S/C21H25BrN4O4/c1-4-30-16-8-6-15(7-9-16)26-20(28)24-18-10-5-14(22)13-17(18)21(26,29)19(27)23-11-12-25(2)3/h5-10,13,29H,4,11-12H2,1-3H3,(H,23,27)(H,24,28)/p+1. The van der Waals surface area contributed by atoms with Crippen molar-refractivity contribution >= 4 is 39.2 Å². The molecule has 2 aromatic rings. The number of rotatable bonds is 7. The van der Waals surface area contributed by atoms with Crippen molar-refractivity contribution in [1.82, 2.24) is 5.32 Å². The summed E-state index contributed by atoms with van der Waals surface area (Å²) < 4.78 is 6.13. The molecule has 30 heavy (non-hydrogen) atoms. The van der Waals surface area contributed by atoms with Crippen LogP contribution < -0.4 is 25.2 Å². The van der Waals surface area contributed by atoms with Gasteiger partial charge in [-0.2, -0.15) is 0 Å². The van der Waals surface area contributed by atoms with Crippen LogP contribution >= 0.6 is 15.9 Å². The zero-order chi connectivity index (χ0) is 21.9. The van der Waals surface area contributed by atoms with Crippen LogP contribution in [0.2, 0.25) is 0 Å². The minimum Gasteiger partial charge on any atom is -0.494 e. The lowest BCUT2D eigenvalue weighted by Gasteiger charge is -2.42. The molecule has 1 aliphatic rings. The molecule has 0 aromatic heterocycles. The van der Waals surface area contributed by atoms with Crippen LogP contribution in [-0.4, -0.2) is 50.8 Å². The largest absolute Gasteiger partial charge is 0.494 e. The van der Waals surface area contributed by atoms with E-state index in [9.17, 15) is 14.7 Å². The van der Waals surface area contributed by atoms with E-state index in [2.05, 4.69) is 26.6 Å². The molecule has 1 aliphatic heterocycles. The van der Waals surface area contributed by atoms with Crippen molar-refractivity contribution in [3.05, 3.63) is 52.5 Å². The average molecular weight is 478 g/mol. The molecule has 9 heteroatoms. The van der Waals surface area contributed by atoms with E-state index < -0.39 is 17.7 Å². The third-order valence-corrected chi connectivity index (χ3v) is 5.25. The third-order valence-electron chi connectivity index (χ3n) is 4.76. The van der Waals surface area contributed by atoms with Gasteiger partial charge in [-0.15, -0.1) is 0 Å². The highest BCUT2D eigenvalue weighted by molar-refractivity contribution is 9.10. The van der Waals surface area contributed by atoms with Crippen molar-refractivity contribution in [2.45, 2.75) is 12.6 Å².